The maximum Gasteiger partial charge on any atom is 0.338 e. The predicted molar refractivity (Wildman–Crippen MR) is 60.7 cm³/mol. The second kappa shape index (κ2) is 9.20. The molecule has 0 fully saturated rings. The summed E-state index contributed by atoms with van der Waals surface area (Å²) < 4.78 is 9.29. The Morgan fingerprint density at radius 2 is 2.06 bits per heavy atom. The van der Waals surface area contributed by atoms with Gasteiger partial charge in [0.05, 0.1) is 7.11 Å². The SMILES string of the molecule is CCCCCC#C[C@@H](O)[C@H](OC)C(=O)OC. The molecular weight excluding hydrogens is 208 g/mol. The van der Waals surface area contributed by atoms with Crippen LogP contribution in [0.15, 0.2) is 0 Å². The number of hydrogen-bond acceptors (Lipinski definition) is 4. The lowest BCUT2D eigenvalue weighted by molar-refractivity contribution is -0.156. The van der Waals surface area contributed by atoms with Crippen molar-refractivity contribution in [1.82, 2.24) is 0 Å². The predicted octanol–water partition coefficient (Wildman–Crippen LogP) is 1.12. The van der Waals surface area contributed by atoms with Crippen molar-refractivity contribution in [3.8, 4) is 11.8 Å². The molecule has 0 aromatic rings. The van der Waals surface area contributed by atoms with E-state index in [1.165, 1.54) is 14.2 Å². The molecule has 0 amide bonds. The molecule has 16 heavy (non-hydrogen) atoms. The van der Waals surface area contributed by atoms with Crippen molar-refractivity contribution in [2.24, 2.45) is 0 Å². The van der Waals surface area contributed by atoms with Crippen molar-refractivity contribution in [1.29, 1.82) is 0 Å². The lowest BCUT2D eigenvalue weighted by Crippen LogP contribution is -2.35. The van der Waals surface area contributed by atoms with Crippen LogP contribution in [0.3, 0.4) is 0 Å². The number of unbranched alkanes of at least 4 members (excludes halogenated alkanes) is 3. The summed E-state index contributed by atoms with van der Waals surface area (Å²) in [5.74, 6) is 4.80. The van der Waals surface area contributed by atoms with Gasteiger partial charge in [-0.3, -0.25) is 0 Å². The fourth-order valence-corrected chi connectivity index (χ4v) is 1.19. The van der Waals surface area contributed by atoms with E-state index in [1.54, 1.807) is 0 Å². The van der Waals surface area contributed by atoms with E-state index in [1.807, 2.05) is 0 Å². The Kier molecular flexibility index (Phi) is 8.59. The smallest absolute Gasteiger partial charge is 0.338 e. The van der Waals surface area contributed by atoms with Gasteiger partial charge >= 0.3 is 5.97 Å². The maximum absolute atomic E-state index is 11.1. The van der Waals surface area contributed by atoms with E-state index in [2.05, 4.69) is 23.5 Å². The number of methoxy groups -OCH3 is 2. The zero-order valence-corrected chi connectivity index (χ0v) is 10.2. The van der Waals surface area contributed by atoms with Gasteiger partial charge in [-0.25, -0.2) is 4.79 Å². The second-order valence-electron chi connectivity index (χ2n) is 3.40. The van der Waals surface area contributed by atoms with Crippen LogP contribution in [0.4, 0.5) is 0 Å². The largest absolute Gasteiger partial charge is 0.467 e. The highest BCUT2D eigenvalue weighted by Crippen LogP contribution is 2.01. The molecule has 0 heterocycles. The minimum absolute atomic E-state index is 0.613. The number of rotatable bonds is 6. The first-order valence-electron chi connectivity index (χ1n) is 5.44. The molecule has 0 aromatic carbocycles. The zero-order valence-electron chi connectivity index (χ0n) is 10.2. The van der Waals surface area contributed by atoms with Gasteiger partial charge in [-0.2, -0.15) is 0 Å². The summed E-state index contributed by atoms with van der Waals surface area (Å²) >= 11 is 0. The fraction of sp³-hybridized carbons (Fsp3) is 0.750. The van der Waals surface area contributed by atoms with Crippen LogP contribution in [-0.4, -0.2) is 37.5 Å². The molecule has 4 nitrogen and oxygen atoms in total. The quantitative estimate of drug-likeness (QED) is 0.420. The third kappa shape index (κ3) is 5.74. The summed E-state index contributed by atoms with van der Waals surface area (Å²) in [6, 6.07) is 0. The van der Waals surface area contributed by atoms with Gasteiger partial charge in [0.2, 0.25) is 0 Å². The normalized spacial score (nSPS) is 13.5. The topological polar surface area (TPSA) is 55.8 Å². The molecule has 4 heteroatoms. The first-order chi connectivity index (χ1) is 7.67. The zero-order chi connectivity index (χ0) is 12.4. The molecule has 0 bridgehead atoms. The lowest BCUT2D eigenvalue weighted by Gasteiger charge is -2.14. The van der Waals surface area contributed by atoms with E-state index in [-0.39, 0.29) is 0 Å². The molecule has 0 aromatic heterocycles. The summed E-state index contributed by atoms with van der Waals surface area (Å²) in [6.07, 6.45) is 1.83. The Labute approximate surface area is 96.9 Å². The Bertz CT molecular complexity index is 251. The van der Waals surface area contributed by atoms with E-state index in [9.17, 15) is 9.90 Å². The summed E-state index contributed by atoms with van der Waals surface area (Å²) in [7, 11) is 2.58. The molecule has 2 atom stereocenters. The Hall–Kier alpha value is -1.05. The molecule has 0 aliphatic heterocycles. The van der Waals surface area contributed by atoms with Crippen LogP contribution in [0.2, 0.25) is 0 Å². The number of hydrogen-bond donors (Lipinski definition) is 1. The fourth-order valence-electron chi connectivity index (χ4n) is 1.19. The van der Waals surface area contributed by atoms with E-state index >= 15 is 0 Å². The molecule has 0 unspecified atom stereocenters. The van der Waals surface area contributed by atoms with E-state index in [0.29, 0.717) is 0 Å². The first-order valence-corrected chi connectivity index (χ1v) is 5.44. The molecule has 1 N–H and O–H groups in total. The molecular formula is C12H20O4. The van der Waals surface area contributed by atoms with Gasteiger partial charge in [-0.05, 0) is 6.42 Å². The first kappa shape index (κ1) is 14.9. The number of carbonyl (C=O) groups excluding carboxylic acids is 1. The Morgan fingerprint density at radius 3 is 2.56 bits per heavy atom. The molecule has 0 saturated carbocycles. The van der Waals surface area contributed by atoms with Crippen LogP contribution in [0.5, 0.6) is 0 Å². The maximum atomic E-state index is 11.1. The molecule has 0 aliphatic rings. The highest BCUT2D eigenvalue weighted by Gasteiger charge is 2.25. The molecule has 92 valence electrons. The Balaban J connectivity index is 4.09. The second-order valence-corrected chi connectivity index (χ2v) is 3.40. The average Bonchev–Trinajstić information content (AvgIpc) is 2.29. The molecule has 0 spiro atoms. The summed E-state index contributed by atoms with van der Waals surface area (Å²) in [5.41, 5.74) is 0. The molecule has 0 rings (SSSR count). The number of aliphatic hydroxyl groups excluding tert-OH is 1. The van der Waals surface area contributed by atoms with Crippen molar-refractivity contribution >= 4 is 5.97 Å². The van der Waals surface area contributed by atoms with Gasteiger partial charge in [0, 0.05) is 13.5 Å². The third-order valence-electron chi connectivity index (χ3n) is 2.13. The van der Waals surface area contributed by atoms with E-state index in [4.69, 9.17) is 4.74 Å². The molecule has 0 saturated heterocycles. The van der Waals surface area contributed by atoms with Crippen molar-refractivity contribution in [3.05, 3.63) is 0 Å². The van der Waals surface area contributed by atoms with E-state index < -0.39 is 18.2 Å². The number of esters is 1. The monoisotopic (exact) mass is 228 g/mol. The summed E-state index contributed by atoms with van der Waals surface area (Å²) in [5, 5.41) is 9.57. The highest BCUT2D eigenvalue weighted by molar-refractivity contribution is 5.75. The third-order valence-corrected chi connectivity index (χ3v) is 2.13. The van der Waals surface area contributed by atoms with Crippen LogP contribution in [0.1, 0.15) is 32.6 Å². The van der Waals surface area contributed by atoms with Crippen molar-refractivity contribution in [3.63, 3.8) is 0 Å². The average molecular weight is 228 g/mol. The van der Waals surface area contributed by atoms with Gasteiger partial charge in [0.15, 0.2) is 12.2 Å². The summed E-state index contributed by atoms with van der Waals surface area (Å²) in [6.45, 7) is 2.11. The summed E-state index contributed by atoms with van der Waals surface area (Å²) in [4.78, 5) is 11.1. The molecule has 0 aliphatic carbocycles. The minimum Gasteiger partial charge on any atom is -0.467 e. The van der Waals surface area contributed by atoms with Gasteiger partial charge in [-0.15, -0.1) is 5.92 Å². The van der Waals surface area contributed by atoms with Crippen molar-refractivity contribution in [2.45, 2.75) is 44.8 Å². The lowest BCUT2D eigenvalue weighted by atomic mass is 10.1. The van der Waals surface area contributed by atoms with Gasteiger partial charge < -0.3 is 14.6 Å². The number of carbonyl (C=O) groups is 1. The number of ether oxygens (including phenoxy) is 2. The van der Waals surface area contributed by atoms with Crippen LogP contribution in [0.25, 0.3) is 0 Å². The molecule has 0 radical (unpaired) electrons. The van der Waals surface area contributed by atoms with Crippen LogP contribution in [-0.2, 0) is 14.3 Å². The van der Waals surface area contributed by atoms with Crippen LogP contribution >= 0.6 is 0 Å². The minimum atomic E-state index is -1.13. The van der Waals surface area contributed by atoms with Gasteiger partial charge in [-0.1, -0.05) is 25.7 Å². The number of aliphatic hydroxyl groups is 1. The standard InChI is InChI=1S/C12H20O4/c1-4-5-6-7-8-9-10(13)11(15-2)12(14)16-3/h10-11,13H,4-7H2,1-3H3/t10-,11+/m1/s1. The van der Waals surface area contributed by atoms with Crippen molar-refractivity contribution in [2.75, 3.05) is 14.2 Å². The van der Waals surface area contributed by atoms with E-state index in [0.717, 1.165) is 25.7 Å². The van der Waals surface area contributed by atoms with Crippen molar-refractivity contribution < 1.29 is 19.4 Å². The van der Waals surface area contributed by atoms with Crippen LogP contribution in [0, 0.1) is 11.8 Å². The Morgan fingerprint density at radius 1 is 1.38 bits per heavy atom. The highest BCUT2D eigenvalue weighted by atomic mass is 16.6. The van der Waals surface area contributed by atoms with Crippen LogP contribution < -0.4 is 0 Å². The van der Waals surface area contributed by atoms with Gasteiger partial charge in [0.1, 0.15) is 0 Å². The van der Waals surface area contributed by atoms with Gasteiger partial charge in [0.25, 0.3) is 0 Å².